The predicted octanol–water partition coefficient (Wildman–Crippen LogP) is 4.73. The van der Waals surface area contributed by atoms with E-state index in [1.165, 1.54) is 5.56 Å². The Bertz CT molecular complexity index is 917. The van der Waals surface area contributed by atoms with Crippen molar-refractivity contribution in [2.24, 2.45) is 0 Å². The molecule has 0 saturated heterocycles. The van der Waals surface area contributed by atoms with Crippen LogP contribution in [0.2, 0.25) is 0 Å². The van der Waals surface area contributed by atoms with E-state index in [9.17, 15) is 5.11 Å². The number of hydrogen-bond acceptors (Lipinski definition) is 9. The van der Waals surface area contributed by atoms with Gasteiger partial charge in [0.2, 0.25) is 0 Å². The van der Waals surface area contributed by atoms with Gasteiger partial charge in [-0.2, -0.15) is 16.7 Å². The molecule has 0 aliphatic heterocycles. The van der Waals surface area contributed by atoms with Crippen molar-refractivity contribution >= 4 is 56.2 Å². The zero-order valence-corrected chi connectivity index (χ0v) is 19.4. The van der Waals surface area contributed by atoms with E-state index in [-0.39, 0.29) is 6.61 Å². The fraction of sp³-hybridized carbons (Fsp3) is 0.450. The van der Waals surface area contributed by atoms with E-state index in [4.69, 9.17) is 4.98 Å². The van der Waals surface area contributed by atoms with Gasteiger partial charge in [0.25, 0.3) is 0 Å². The Hall–Kier alpha value is -1.55. The molecule has 6 nitrogen and oxygen atoms in total. The molecule has 0 radical (unpaired) electrons. The molecule has 0 saturated carbocycles. The van der Waals surface area contributed by atoms with Gasteiger partial charge in [0.05, 0.1) is 12.1 Å². The summed E-state index contributed by atoms with van der Waals surface area (Å²) in [6.07, 6.45) is 0. The first-order chi connectivity index (χ1) is 14.0. The van der Waals surface area contributed by atoms with Gasteiger partial charge in [-0.1, -0.05) is 60.4 Å². The number of fused-ring (bicyclic) bond motifs is 1. The summed E-state index contributed by atoms with van der Waals surface area (Å²) < 4.78 is 0.904. The van der Waals surface area contributed by atoms with Crippen LogP contribution in [-0.4, -0.2) is 50.3 Å². The molecule has 3 N–H and O–H groups in total. The number of aliphatic hydroxyl groups is 1. The number of anilines is 2. The van der Waals surface area contributed by atoms with Crippen LogP contribution in [0.15, 0.2) is 35.5 Å². The van der Waals surface area contributed by atoms with Gasteiger partial charge in [0, 0.05) is 18.1 Å². The Labute approximate surface area is 184 Å². The molecule has 156 valence electrons. The number of hydrogen-bond donors (Lipinski definition) is 3. The van der Waals surface area contributed by atoms with Gasteiger partial charge >= 0.3 is 0 Å². The van der Waals surface area contributed by atoms with E-state index in [1.807, 2.05) is 43.8 Å². The maximum absolute atomic E-state index is 9.68. The van der Waals surface area contributed by atoms with Crippen molar-refractivity contribution in [1.29, 1.82) is 0 Å². The van der Waals surface area contributed by atoms with Crippen molar-refractivity contribution in [3.05, 3.63) is 35.9 Å². The molecule has 2 aromatic heterocycles. The lowest BCUT2D eigenvalue weighted by Crippen LogP contribution is -2.35. The molecule has 3 rings (SSSR count). The van der Waals surface area contributed by atoms with Gasteiger partial charge in [-0.05, 0) is 25.2 Å². The summed E-state index contributed by atoms with van der Waals surface area (Å²) in [5.41, 5.74) is 1.42. The molecule has 0 atom stereocenters. The van der Waals surface area contributed by atoms with Crippen molar-refractivity contribution in [3.8, 4) is 0 Å². The number of aliphatic hydroxyl groups excluding tert-OH is 1. The molecule has 29 heavy (non-hydrogen) atoms. The molecule has 9 heteroatoms. The molecular weight excluding hydrogens is 422 g/mol. The zero-order valence-electron chi connectivity index (χ0n) is 16.9. The highest BCUT2D eigenvalue weighted by Crippen LogP contribution is 2.33. The highest BCUT2D eigenvalue weighted by Gasteiger charge is 2.21. The van der Waals surface area contributed by atoms with Gasteiger partial charge in [0.1, 0.15) is 4.70 Å². The van der Waals surface area contributed by atoms with Crippen LogP contribution in [0.4, 0.5) is 10.9 Å². The highest BCUT2D eigenvalue weighted by atomic mass is 32.2. The zero-order chi connectivity index (χ0) is 20.7. The summed E-state index contributed by atoms with van der Waals surface area (Å²) in [5, 5.41) is 18.0. The van der Waals surface area contributed by atoms with E-state index in [1.54, 1.807) is 23.1 Å². The van der Waals surface area contributed by atoms with Crippen molar-refractivity contribution in [2.45, 2.75) is 37.2 Å². The third kappa shape index (κ3) is 6.47. The average Bonchev–Trinajstić information content (AvgIpc) is 3.13. The SMILES string of the molecule is CCSCCNc1nc2nc(SCc3ccccc3)nc(NC(C)(C)CO)c2s1. The van der Waals surface area contributed by atoms with Gasteiger partial charge < -0.3 is 15.7 Å². The standard InChI is InChI=1S/C20H27N5OS3/c1-4-27-11-10-21-18-22-16-15(29-18)17(25-20(2,3)13-26)24-19(23-16)28-12-14-8-6-5-7-9-14/h5-9,26H,4,10-13H2,1-3H3,(H2,21,22,23,24,25). The molecule has 0 fully saturated rings. The largest absolute Gasteiger partial charge is 0.394 e. The van der Waals surface area contributed by atoms with Crippen LogP contribution in [0, 0.1) is 0 Å². The summed E-state index contributed by atoms with van der Waals surface area (Å²) in [4.78, 5) is 14.1. The lowest BCUT2D eigenvalue weighted by atomic mass is 10.1. The maximum atomic E-state index is 9.68. The Kier molecular flexibility index (Phi) is 7.99. The molecule has 3 aromatic rings. The summed E-state index contributed by atoms with van der Waals surface area (Å²) in [6, 6.07) is 10.3. The van der Waals surface area contributed by atoms with Gasteiger partial charge in [-0.3, -0.25) is 0 Å². The minimum Gasteiger partial charge on any atom is -0.394 e. The summed E-state index contributed by atoms with van der Waals surface area (Å²) in [6.45, 7) is 6.92. The summed E-state index contributed by atoms with van der Waals surface area (Å²) in [5.74, 6) is 3.66. The topological polar surface area (TPSA) is 83.0 Å². The molecule has 0 unspecified atom stereocenters. The minimum atomic E-state index is -0.488. The number of aromatic nitrogens is 3. The molecule has 0 amide bonds. The van der Waals surface area contributed by atoms with E-state index in [0.29, 0.717) is 10.8 Å². The quantitative estimate of drug-likeness (QED) is 0.220. The first kappa shape index (κ1) is 22.1. The molecule has 0 spiro atoms. The fourth-order valence-corrected chi connectivity index (χ4v) is 4.69. The number of nitrogens with zero attached hydrogens (tertiary/aromatic N) is 3. The Balaban J connectivity index is 1.84. The molecule has 0 aliphatic carbocycles. The van der Waals surface area contributed by atoms with Crippen molar-refractivity contribution in [2.75, 3.05) is 35.3 Å². The molecule has 0 bridgehead atoms. The minimum absolute atomic E-state index is 0.00311. The van der Waals surface area contributed by atoms with Crippen LogP contribution >= 0.6 is 34.9 Å². The third-order valence-electron chi connectivity index (χ3n) is 4.02. The fourth-order valence-electron chi connectivity index (χ4n) is 2.49. The highest BCUT2D eigenvalue weighted by molar-refractivity contribution is 7.99. The first-order valence-corrected chi connectivity index (χ1v) is 12.5. The van der Waals surface area contributed by atoms with Gasteiger partial charge in [0.15, 0.2) is 21.8 Å². The molecule has 1 aromatic carbocycles. The van der Waals surface area contributed by atoms with Crippen LogP contribution in [0.25, 0.3) is 10.3 Å². The number of rotatable bonds is 11. The first-order valence-electron chi connectivity index (χ1n) is 9.56. The molecule has 2 heterocycles. The lowest BCUT2D eigenvalue weighted by molar-refractivity contribution is 0.234. The van der Waals surface area contributed by atoms with E-state index >= 15 is 0 Å². The van der Waals surface area contributed by atoms with Crippen LogP contribution < -0.4 is 10.6 Å². The van der Waals surface area contributed by atoms with Crippen LogP contribution in [0.5, 0.6) is 0 Å². The van der Waals surface area contributed by atoms with Gasteiger partial charge in [-0.15, -0.1) is 0 Å². The van der Waals surface area contributed by atoms with Crippen LogP contribution in [-0.2, 0) is 5.75 Å². The van der Waals surface area contributed by atoms with E-state index < -0.39 is 5.54 Å². The summed E-state index contributed by atoms with van der Waals surface area (Å²) >= 11 is 5.03. The van der Waals surface area contributed by atoms with Crippen molar-refractivity contribution in [3.63, 3.8) is 0 Å². The Morgan fingerprint density at radius 2 is 1.93 bits per heavy atom. The van der Waals surface area contributed by atoms with Crippen LogP contribution in [0.3, 0.4) is 0 Å². The second-order valence-electron chi connectivity index (χ2n) is 7.09. The third-order valence-corrected chi connectivity index (χ3v) is 6.85. The second-order valence-corrected chi connectivity index (χ2v) is 10.4. The number of thiazole rings is 1. The van der Waals surface area contributed by atoms with Crippen molar-refractivity contribution < 1.29 is 5.11 Å². The number of thioether (sulfide) groups is 2. The lowest BCUT2D eigenvalue weighted by Gasteiger charge is -2.24. The molecule has 0 aliphatic rings. The monoisotopic (exact) mass is 449 g/mol. The van der Waals surface area contributed by atoms with Crippen LogP contribution in [0.1, 0.15) is 26.3 Å². The number of nitrogens with one attached hydrogen (secondary N) is 2. The smallest absolute Gasteiger partial charge is 0.191 e. The van der Waals surface area contributed by atoms with Gasteiger partial charge in [-0.25, -0.2) is 9.97 Å². The summed E-state index contributed by atoms with van der Waals surface area (Å²) in [7, 11) is 0. The van der Waals surface area contributed by atoms with E-state index in [2.05, 4.69) is 39.7 Å². The normalized spacial score (nSPS) is 11.7. The Morgan fingerprint density at radius 3 is 2.66 bits per heavy atom. The second kappa shape index (κ2) is 10.5. The van der Waals surface area contributed by atoms with Crippen molar-refractivity contribution in [1.82, 2.24) is 15.0 Å². The average molecular weight is 450 g/mol. The maximum Gasteiger partial charge on any atom is 0.191 e. The predicted molar refractivity (Wildman–Crippen MR) is 127 cm³/mol. The number of benzene rings is 1. The van der Waals surface area contributed by atoms with E-state index in [0.717, 1.165) is 39.5 Å². The Morgan fingerprint density at radius 1 is 1.14 bits per heavy atom. The molecular formula is C20H27N5OS3.